The summed E-state index contributed by atoms with van der Waals surface area (Å²) in [7, 11) is 0. The number of carboxylic acid groups (broad SMARTS) is 1. The first-order valence-electron chi connectivity index (χ1n) is 5.82. The molecule has 0 bridgehead atoms. The first-order chi connectivity index (χ1) is 8.09. The fourth-order valence-electron chi connectivity index (χ4n) is 2.45. The third-order valence-electron chi connectivity index (χ3n) is 3.36. The smallest absolute Gasteiger partial charge is 0.338 e. The zero-order valence-electron chi connectivity index (χ0n) is 9.38. The second kappa shape index (κ2) is 4.82. The molecule has 1 aromatic rings. The molecule has 2 nitrogen and oxygen atoms in total. The van der Waals surface area contributed by atoms with Crippen LogP contribution in [-0.2, 0) is 0 Å². The summed E-state index contributed by atoms with van der Waals surface area (Å²) < 4.78 is 27.2. The van der Waals surface area contributed by atoms with Gasteiger partial charge in [-0.05, 0) is 36.5 Å². The van der Waals surface area contributed by atoms with Crippen LogP contribution in [0.2, 0.25) is 0 Å². The third kappa shape index (κ3) is 2.46. The lowest BCUT2D eigenvalue weighted by Crippen LogP contribution is -2.10. The van der Waals surface area contributed by atoms with Crippen molar-refractivity contribution in [3.63, 3.8) is 0 Å². The van der Waals surface area contributed by atoms with Crippen LogP contribution in [-0.4, -0.2) is 11.1 Å². The molecule has 0 atom stereocenters. The highest BCUT2D eigenvalue weighted by Gasteiger charge is 2.22. The summed E-state index contributed by atoms with van der Waals surface area (Å²) in [6.45, 7) is 0. The molecule has 1 fully saturated rings. The summed E-state index contributed by atoms with van der Waals surface area (Å²) in [6, 6.07) is 1.84. The summed E-state index contributed by atoms with van der Waals surface area (Å²) in [6.07, 6.45) is 4.87. The molecule has 1 N–H and O–H groups in total. The van der Waals surface area contributed by atoms with Gasteiger partial charge in [0.25, 0.3) is 0 Å². The summed E-state index contributed by atoms with van der Waals surface area (Å²) >= 11 is 0. The van der Waals surface area contributed by atoms with Crippen molar-refractivity contribution in [2.75, 3.05) is 0 Å². The predicted octanol–water partition coefficient (Wildman–Crippen LogP) is 3.71. The Labute approximate surface area is 98.3 Å². The fourth-order valence-corrected chi connectivity index (χ4v) is 2.45. The van der Waals surface area contributed by atoms with E-state index in [2.05, 4.69) is 0 Å². The predicted molar refractivity (Wildman–Crippen MR) is 59.1 cm³/mol. The maximum Gasteiger partial charge on any atom is 0.338 e. The van der Waals surface area contributed by atoms with E-state index in [1.165, 1.54) is 0 Å². The maximum absolute atomic E-state index is 13.7. The molecule has 92 valence electrons. The van der Waals surface area contributed by atoms with E-state index in [0.29, 0.717) is 5.56 Å². The van der Waals surface area contributed by atoms with Crippen molar-refractivity contribution < 1.29 is 18.7 Å². The van der Waals surface area contributed by atoms with E-state index in [9.17, 15) is 13.6 Å². The SMILES string of the molecule is O=C(O)c1cc(F)c(C2CCCCC2)cc1F. The van der Waals surface area contributed by atoms with Crippen LogP contribution in [0.3, 0.4) is 0 Å². The van der Waals surface area contributed by atoms with E-state index >= 15 is 0 Å². The number of hydrogen-bond acceptors (Lipinski definition) is 1. The topological polar surface area (TPSA) is 37.3 Å². The van der Waals surface area contributed by atoms with Crippen LogP contribution in [0.1, 0.15) is 53.9 Å². The van der Waals surface area contributed by atoms with E-state index in [0.717, 1.165) is 44.2 Å². The van der Waals surface area contributed by atoms with Gasteiger partial charge in [-0.25, -0.2) is 13.6 Å². The molecule has 4 heteroatoms. The van der Waals surface area contributed by atoms with Crippen LogP contribution in [0.25, 0.3) is 0 Å². The van der Waals surface area contributed by atoms with Gasteiger partial charge in [0.15, 0.2) is 0 Å². The average molecular weight is 240 g/mol. The van der Waals surface area contributed by atoms with Crippen molar-refractivity contribution in [2.45, 2.75) is 38.0 Å². The number of halogens is 2. The molecule has 1 saturated carbocycles. The van der Waals surface area contributed by atoms with Crippen molar-refractivity contribution >= 4 is 5.97 Å². The Balaban J connectivity index is 2.35. The Bertz CT molecular complexity index is 437. The molecule has 1 aromatic carbocycles. The normalized spacial score (nSPS) is 17.1. The first-order valence-corrected chi connectivity index (χ1v) is 5.82. The van der Waals surface area contributed by atoms with Gasteiger partial charge < -0.3 is 5.11 Å². The first kappa shape index (κ1) is 12.0. The standard InChI is InChI=1S/C13H14F2O2/c14-11-7-10(13(16)17)12(15)6-9(11)8-4-2-1-3-5-8/h6-8H,1-5H2,(H,16,17). The monoisotopic (exact) mass is 240 g/mol. The molecule has 0 heterocycles. The number of carbonyl (C=O) groups is 1. The average Bonchev–Trinajstić information content (AvgIpc) is 2.32. The zero-order chi connectivity index (χ0) is 12.4. The minimum absolute atomic E-state index is 0.0288. The van der Waals surface area contributed by atoms with E-state index in [1.807, 2.05) is 0 Å². The molecule has 0 aromatic heterocycles. The summed E-state index contributed by atoms with van der Waals surface area (Å²) in [5.74, 6) is -2.85. The number of rotatable bonds is 2. The van der Waals surface area contributed by atoms with Gasteiger partial charge in [-0.3, -0.25) is 0 Å². The van der Waals surface area contributed by atoms with Gasteiger partial charge in [0.2, 0.25) is 0 Å². The molecule has 0 saturated heterocycles. The number of benzene rings is 1. The summed E-state index contributed by atoms with van der Waals surface area (Å²) in [5, 5.41) is 8.68. The van der Waals surface area contributed by atoms with Gasteiger partial charge in [0.1, 0.15) is 11.6 Å². The Morgan fingerprint density at radius 2 is 1.76 bits per heavy atom. The molecule has 1 aliphatic carbocycles. The third-order valence-corrected chi connectivity index (χ3v) is 3.36. The van der Waals surface area contributed by atoms with Crippen LogP contribution in [0.15, 0.2) is 12.1 Å². The van der Waals surface area contributed by atoms with Crippen molar-refractivity contribution in [1.82, 2.24) is 0 Å². The zero-order valence-corrected chi connectivity index (χ0v) is 9.38. The van der Waals surface area contributed by atoms with Gasteiger partial charge in [-0.1, -0.05) is 19.3 Å². The van der Waals surface area contributed by atoms with Gasteiger partial charge in [-0.15, -0.1) is 0 Å². The highest BCUT2D eigenvalue weighted by molar-refractivity contribution is 5.88. The molecule has 0 unspecified atom stereocenters. The summed E-state index contributed by atoms with van der Waals surface area (Å²) in [5.41, 5.74) is -0.269. The Kier molecular flexibility index (Phi) is 3.41. The van der Waals surface area contributed by atoms with Gasteiger partial charge >= 0.3 is 5.97 Å². The van der Waals surface area contributed by atoms with Crippen molar-refractivity contribution in [3.8, 4) is 0 Å². The van der Waals surface area contributed by atoms with E-state index in [1.54, 1.807) is 0 Å². The van der Waals surface area contributed by atoms with Crippen molar-refractivity contribution in [3.05, 3.63) is 34.9 Å². The Hall–Kier alpha value is -1.45. The second-order valence-electron chi connectivity index (χ2n) is 4.49. The Morgan fingerprint density at radius 3 is 2.35 bits per heavy atom. The molecular weight excluding hydrogens is 226 g/mol. The molecule has 0 radical (unpaired) electrons. The number of aromatic carboxylic acids is 1. The minimum Gasteiger partial charge on any atom is -0.478 e. The van der Waals surface area contributed by atoms with Crippen LogP contribution in [0, 0.1) is 11.6 Å². The lowest BCUT2D eigenvalue weighted by Gasteiger charge is -2.22. The lowest BCUT2D eigenvalue weighted by atomic mass is 9.83. The molecular formula is C13H14F2O2. The highest BCUT2D eigenvalue weighted by atomic mass is 19.1. The molecule has 1 aliphatic rings. The van der Waals surface area contributed by atoms with E-state index < -0.39 is 23.2 Å². The van der Waals surface area contributed by atoms with Gasteiger partial charge in [0, 0.05) is 0 Å². The Morgan fingerprint density at radius 1 is 1.12 bits per heavy atom. The van der Waals surface area contributed by atoms with Crippen LogP contribution in [0.5, 0.6) is 0 Å². The van der Waals surface area contributed by atoms with Crippen molar-refractivity contribution in [1.29, 1.82) is 0 Å². The number of hydrogen-bond donors (Lipinski definition) is 1. The molecule has 2 rings (SSSR count). The van der Waals surface area contributed by atoms with Crippen LogP contribution in [0.4, 0.5) is 8.78 Å². The molecule has 0 amide bonds. The van der Waals surface area contributed by atoms with E-state index in [-0.39, 0.29) is 5.92 Å². The minimum atomic E-state index is -1.43. The quantitative estimate of drug-likeness (QED) is 0.855. The fraction of sp³-hybridized carbons (Fsp3) is 0.462. The van der Waals surface area contributed by atoms with Gasteiger partial charge in [0.05, 0.1) is 5.56 Å². The lowest BCUT2D eigenvalue weighted by molar-refractivity contribution is 0.0691. The second-order valence-corrected chi connectivity index (χ2v) is 4.49. The van der Waals surface area contributed by atoms with Gasteiger partial charge in [-0.2, -0.15) is 0 Å². The summed E-state index contributed by atoms with van der Waals surface area (Å²) in [4.78, 5) is 10.7. The van der Waals surface area contributed by atoms with Crippen molar-refractivity contribution in [2.24, 2.45) is 0 Å². The molecule has 0 aliphatic heterocycles. The highest BCUT2D eigenvalue weighted by Crippen LogP contribution is 2.34. The molecule has 17 heavy (non-hydrogen) atoms. The van der Waals surface area contributed by atoms with Crippen LogP contribution < -0.4 is 0 Å². The largest absolute Gasteiger partial charge is 0.478 e. The van der Waals surface area contributed by atoms with E-state index in [4.69, 9.17) is 5.11 Å². The number of carboxylic acids is 1. The van der Waals surface area contributed by atoms with Crippen LogP contribution >= 0.6 is 0 Å². The molecule has 0 spiro atoms. The maximum atomic E-state index is 13.7.